The minimum atomic E-state index is -0.432. The number of aromatic nitrogens is 2. The van der Waals surface area contributed by atoms with E-state index in [1.165, 1.54) is 7.11 Å². The van der Waals surface area contributed by atoms with Crippen molar-refractivity contribution in [1.29, 1.82) is 0 Å². The first-order valence-corrected chi connectivity index (χ1v) is 5.18. The van der Waals surface area contributed by atoms with Gasteiger partial charge in [0.15, 0.2) is 5.69 Å². The van der Waals surface area contributed by atoms with E-state index in [0.29, 0.717) is 11.6 Å². The molecule has 1 fully saturated rings. The molecule has 0 radical (unpaired) electrons. The first-order chi connectivity index (χ1) is 7.81. The number of methoxy groups -OCH3 is 1. The second-order valence-electron chi connectivity index (χ2n) is 3.47. The number of nitrogens with one attached hydrogen (secondary N) is 1. The Kier molecular flexibility index (Phi) is 3.31. The molecule has 86 valence electrons. The molecule has 1 aliphatic rings. The van der Waals surface area contributed by atoms with E-state index in [-0.39, 0.29) is 0 Å². The van der Waals surface area contributed by atoms with E-state index in [4.69, 9.17) is 0 Å². The molecule has 2 rings (SSSR count). The van der Waals surface area contributed by atoms with Gasteiger partial charge in [0, 0.05) is 32.4 Å². The van der Waals surface area contributed by atoms with Gasteiger partial charge in [0.05, 0.1) is 7.11 Å². The summed E-state index contributed by atoms with van der Waals surface area (Å²) in [6.07, 6.45) is 1.58. The molecule has 6 nitrogen and oxygen atoms in total. The van der Waals surface area contributed by atoms with Gasteiger partial charge in [-0.3, -0.25) is 0 Å². The zero-order valence-corrected chi connectivity index (χ0v) is 9.14. The van der Waals surface area contributed by atoms with Crippen LogP contribution >= 0.6 is 0 Å². The summed E-state index contributed by atoms with van der Waals surface area (Å²) >= 11 is 0. The van der Waals surface area contributed by atoms with Crippen LogP contribution in [0.5, 0.6) is 0 Å². The van der Waals surface area contributed by atoms with Gasteiger partial charge in [-0.2, -0.15) is 0 Å². The third kappa shape index (κ3) is 2.27. The fraction of sp³-hybridized carbons (Fsp3) is 0.500. The van der Waals surface area contributed by atoms with Gasteiger partial charge in [-0.15, -0.1) is 0 Å². The number of rotatable bonds is 2. The third-order valence-electron chi connectivity index (χ3n) is 2.44. The predicted molar refractivity (Wildman–Crippen MR) is 58.5 cm³/mol. The van der Waals surface area contributed by atoms with Crippen molar-refractivity contribution in [3.05, 3.63) is 18.0 Å². The molecule has 0 spiro atoms. The Bertz CT molecular complexity index is 377. The Morgan fingerprint density at radius 2 is 2.25 bits per heavy atom. The predicted octanol–water partition coefficient (Wildman–Crippen LogP) is -0.327. The number of hydrogen-bond donors (Lipinski definition) is 1. The van der Waals surface area contributed by atoms with Crippen molar-refractivity contribution >= 4 is 11.9 Å². The normalized spacial score (nSPS) is 15.9. The maximum absolute atomic E-state index is 11.3. The Morgan fingerprint density at radius 3 is 2.94 bits per heavy atom. The van der Waals surface area contributed by atoms with Crippen molar-refractivity contribution in [3.63, 3.8) is 0 Å². The van der Waals surface area contributed by atoms with Gasteiger partial charge in [0.1, 0.15) is 0 Å². The minimum absolute atomic E-state index is 0.297. The van der Waals surface area contributed by atoms with Crippen molar-refractivity contribution in [1.82, 2.24) is 15.3 Å². The van der Waals surface area contributed by atoms with Gasteiger partial charge in [-0.25, -0.2) is 14.8 Å². The average Bonchev–Trinajstić information content (AvgIpc) is 2.39. The van der Waals surface area contributed by atoms with Gasteiger partial charge in [0.2, 0.25) is 5.95 Å². The summed E-state index contributed by atoms with van der Waals surface area (Å²) < 4.78 is 4.62. The van der Waals surface area contributed by atoms with Crippen LogP contribution in [-0.4, -0.2) is 49.2 Å². The summed E-state index contributed by atoms with van der Waals surface area (Å²) in [4.78, 5) is 21.7. The highest BCUT2D eigenvalue weighted by molar-refractivity contribution is 5.87. The lowest BCUT2D eigenvalue weighted by atomic mass is 10.4. The highest BCUT2D eigenvalue weighted by Crippen LogP contribution is 2.08. The Hall–Kier alpha value is -1.69. The first-order valence-electron chi connectivity index (χ1n) is 5.18. The zero-order chi connectivity index (χ0) is 11.4. The van der Waals surface area contributed by atoms with Crippen LogP contribution in [0.2, 0.25) is 0 Å². The molecule has 1 aliphatic heterocycles. The Morgan fingerprint density at radius 1 is 1.50 bits per heavy atom. The van der Waals surface area contributed by atoms with Gasteiger partial charge in [-0.05, 0) is 6.07 Å². The van der Waals surface area contributed by atoms with Crippen LogP contribution in [0.3, 0.4) is 0 Å². The Balaban J connectivity index is 2.17. The molecule has 1 N–H and O–H groups in total. The molecule has 0 bridgehead atoms. The molecule has 1 saturated heterocycles. The van der Waals surface area contributed by atoms with Gasteiger partial charge >= 0.3 is 5.97 Å². The summed E-state index contributed by atoms with van der Waals surface area (Å²) in [5.74, 6) is 0.156. The monoisotopic (exact) mass is 222 g/mol. The second kappa shape index (κ2) is 4.89. The van der Waals surface area contributed by atoms with Crippen LogP contribution < -0.4 is 10.2 Å². The van der Waals surface area contributed by atoms with Crippen LogP contribution in [0.4, 0.5) is 5.95 Å². The number of carbonyl (C=O) groups excluding carboxylic acids is 1. The van der Waals surface area contributed by atoms with Crippen molar-refractivity contribution in [2.75, 3.05) is 38.2 Å². The molecule has 0 aromatic carbocycles. The molecule has 0 unspecified atom stereocenters. The second-order valence-corrected chi connectivity index (χ2v) is 3.47. The molecule has 6 heteroatoms. The standard InChI is InChI=1S/C10H14N4O2/c1-16-9(15)8-2-3-12-10(13-8)14-6-4-11-5-7-14/h2-3,11H,4-7H2,1H3. The smallest absolute Gasteiger partial charge is 0.356 e. The lowest BCUT2D eigenvalue weighted by Gasteiger charge is -2.27. The summed E-state index contributed by atoms with van der Waals surface area (Å²) in [5, 5.41) is 3.24. The largest absolute Gasteiger partial charge is 0.464 e. The lowest BCUT2D eigenvalue weighted by molar-refractivity contribution is 0.0594. The topological polar surface area (TPSA) is 67.3 Å². The maximum Gasteiger partial charge on any atom is 0.356 e. The highest BCUT2D eigenvalue weighted by Gasteiger charge is 2.15. The summed E-state index contributed by atoms with van der Waals surface area (Å²) in [6.45, 7) is 3.52. The average molecular weight is 222 g/mol. The lowest BCUT2D eigenvalue weighted by Crippen LogP contribution is -2.44. The zero-order valence-electron chi connectivity index (χ0n) is 9.14. The fourth-order valence-corrected chi connectivity index (χ4v) is 1.58. The number of ether oxygens (including phenoxy) is 1. The van der Waals surface area contributed by atoms with Crippen LogP contribution in [0.15, 0.2) is 12.3 Å². The third-order valence-corrected chi connectivity index (χ3v) is 2.44. The summed E-state index contributed by atoms with van der Waals surface area (Å²) in [6, 6.07) is 1.55. The molecule has 0 saturated carbocycles. The van der Waals surface area contributed by atoms with E-state index in [1.54, 1.807) is 12.3 Å². The molecular formula is C10H14N4O2. The minimum Gasteiger partial charge on any atom is -0.464 e. The van der Waals surface area contributed by atoms with E-state index in [9.17, 15) is 4.79 Å². The number of carbonyl (C=O) groups is 1. The number of anilines is 1. The molecule has 2 heterocycles. The van der Waals surface area contributed by atoms with Crippen molar-refractivity contribution in [2.45, 2.75) is 0 Å². The van der Waals surface area contributed by atoms with Gasteiger partial charge in [-0.1, -0.05) is 0 Å². The molecule has 16 heavy (non-hydrogen) atoms. The molecule has 0 amide bonds. The van der Waals surface area contributed by atoms with Crippen LogP contribution in [-0.2, 0) is 4.74 Å². The van der Waals surface area contributed by atoms with E-state index in [0.717, 1.165) is 26.2 Å². The fourth-order valence-electron chi connectivity index (χ4n) is 1.58. The summed E-state index contributed by atoms with van der Waals surface area (Å²) in [7, 11) is 1.34. The quantitative estimate of drug-likeness (QED) is 0.691. The Labute approximate surface area is 93.6 Å². The van der Waals surface area contributed by atoms with Crippen molar-refractivity contribution < 1.29 is 9.53 Å². The van der Waals surface area contributed by atoms with E-state index in [2.05, 4.69) is 20.0 Å². The van der Waals surface area contributed by atoms with Crippen molar-refractivity contribution in [2.24, 2.45) is 0 Å². The highest BCUT2D eigenvalue weighted by atomic mass is 16.5. The number of hydrogen-bond acceptors (Lipinski definition) is 6. The van der Waals surface area contributed by atoms with Gasteiger partial charge in [0.25, 0.3) is 0 Å². The van der Waals surface area contributed by atoms with Crippen LogP contribution in [0, 0.1) is 0 Å². The first kappa shape index (κ1) is 10.8. The SMILES string of the molecule is COC(=O)c1ccnc(N2CCNCC2)n1. The van der Waals surface area contributed by atoms with E-state index < -0.39 is 5.97 Å². The van der Waals surface area contributed by atoms with Crippen LogP contribution in [0.1, 0.15) is 10.5 Å². The molecular weight excluding hydrogens is 208 g/mol. The summed E-state index contributed by atoms with van der Waals surface area (Å²) in [5.41, 5.74) is 0.297. The number of nitrogens with zero attached hydrogens (tertiary/aromatic N) is 3. The maximum atomic E-state index is 11.3. The van der Waals surface area contributed by atoms with E-state index >= 15 is 0 Å². The van der Waals surface area contributed by atoms with Crippen molar-refractivity contribution in [3.8, 4) is 0 Å². The van der Waals surface area contributed by atoms with Crippen LogP contribution in [0.25, 0.3) is 0 Å². The molecule has 0 aliphatic carbocycles. The number of piperazine rings is 1. The molecule has 1 aromatic rings. The number of esters is 1. The van der Waals surface area contributed by atoms with Gasteiger partial charge < -0.3 is 15.0 Å². The van der Waals surface area contributed by atoms with E-state index in [1.807, 2.05) is 4.90 Å². The molecule has 0 atom stereocenters. The molecule has 1 aromatic heterocycles.